The number of nitro benzene ring substituents is 1. The molecular weight excluding hydrogens is 279 g/mol. The third kappa shape index (κ3) is 2.38. The van der Waals surface area contributed by atoms with Crippen LogP contribution in [0, 0.1) is 10.1 Å². The van der Waals surface area contributed by atoms with E-state index in [4.69, 9.17) is 5.73 Å². The van der Waals surface area contributed by atoms with Crippen molar-refractivity contribution in [3.05, 3.63) is 33.9 Å². The lowest BCUT2D eigenvalue weighted by atomic mass is 10.1. The van der Waals surface area contributed by atoms with Crippen molar-refractivity contribution in [2.75, 3.05) is 5.73 Å². The van der Waals surface area contributed by atoms with Gasteiger partial charge in [-0.25, -0.2) is 0 Å². The predicted octanol–water partition coefficient (Wildman–Crippen LogP) is 2.00. The van der Waals surface area contributed by atoms with Crippen molar-refractivity contribution in [2.24, 2.45) is 0 Å². The molecule has 0 radical (unpaired) electrons. The normalized spacial score (nSPS) is 16.6. The van der Waals surface area contributed by atoms with Crippen LogP contribution in [0.3, 0.4) is 0 Å². The van der Waals surface area contributed by atoms with Gasteiger partial charge in [0.25, 0.3) is 11.6 Å². The van der Waals surface area contributed by atoms with Crippen LogP contribution in [0.4, 0.5) is 24.5 Å². The Hall–Kier alpha value is -2.32. The van der Waals surface area contributed by atoms with E-state index in [1.807, 2.05) is 5.32 Å². The number of carbonyl (C=O) groups excluding carboxylic acids is 1. The number of nitrogen functional groups attached to an aromatic ring is 1. The van der Waals surface area contributed by atoms with E-state index >= 15 is 0 Å². The van der Waals surface area contributed by atoms with E-state index < -0.39 is 28.2 Å². The summed E-state index contributed by atoms with van der Waals surface area (Å²) in [7, 11) is 0. The van der Waals surface area contributed by atoms with Gasteiger partial charge in [0, 0.05) is 11.6 Å². The minimum Gasteiger partial charge on any atom is -0.393 e. The Bertz CT molecular complexity index is 582. The van der Waals surface area contributed by atoms with Crippen LogP contribution in [0.5, 0.6) is 0 Å². The molecule has 1 aromatic carbocycles. The van der Waals surface area contributed by atoms with Crippen molar-refractivity contribution in [1.82, 2.24) is 5.32 Å². The summed E-state index contributed by atoms with van der Waals surface area (Å²) in [6.45, 7) is 0. The van der Waals surface area contributed by atoms with E-state index in [-0.39, 0.29) is 24.1 Å². The number of amides is 1. The second-order valence-corrected chi connectivity index (χ2v) is 4.56. The monoisotopic (exact) mass is 289 g/mol. The summed E-state index contributed by atoms with van der Waals surface area (Å²) in [5, 5.41) is 12.5. The zero-order chi connectivity index (χ0) is 15.1. The molecular formula is C11H10F3N3O3. The lowest BCUT2D eigenvalue weighted by Crippen LogP contribution is -2.47. The second-order valence-electron chi connectivity index (χ2n) is 4.56. The highest BCUT2D eigenvalue weighted by Crippen LogP contribution is 2.49. The molecule has 3 N–H and O–H groups in total. The molecule has 0 aromatic heterocycles. The minimum absolute atomic E-state index is 0.149. The summed E-state index contributed by atoms with van der Waals surface area (Å²) in [6.07, 6.45) is -4.87. The lowest BCUT2D eigenvalue weighted by Gasteiger charge is -2.20. The number of halogens is 3. The Labute approximate surface area is 110 Å². The van der Waals surface area contributed by atoms with Crippen LogP contribution in [0.1, 0.15) is 23.2 Å². The Morgan fingerprint density at radius 1 is 1.40 bits per heavy atom. The van der Waals surface area contributed by atoms with Gasteiger partial charge in [0.1, 0.15) is 11.2 Å². The van der Waals surface area contributed by atoms with Crippen LogP contribution >= 0.6 is 0 Å². The highest BCUT2D eigenvalue weighted by molar-refractivity contribution is 5.96. The number of rotatable bonds is 3. The second kappa shape index (κ2) is 4.36. The Morgan fingerprint density at radius 3 is 2.40 bits per heavy atom. The fraction of sp³-hybridized carbons (Fsp3) is 0.364. The Kier molecular flexibility index (Phi) is 3.07. The molecule has 0 unspecified atom stereocenters. The molecule has 1 aliphatic carbocycles. The smallest absolute Gasteiger partial charge is 0.393 e. The highest BCUT2D eigenvalue weighted by Gasteiger charge is 2.64. The molecule has 1 fully saturated rings. The average Bonchev–Trinajstić information content (AvgIpc) is 3.08. The number of hydrogen-bond acceptors (Lipinski definition) is 4. The Balaban J connectivity index is 2.19. The summed E-state index contributed by atoms with van der Waals surface area (Å²) >= 11 is 0. The molecule has 1 aromatic rings. The molecule has 2 rings (SSSR count). The maximum Gasteiger partial charge on any atom is 0.411 e. The number of benzene rings is 1. The van der Waals surface area contributed by atoms with Crippen LogP contribution in [-0.2, 0) is 0 Å². The predicted molar refractivity (Wildman–Crippen MR) is 63.0 cm³/mol. The number of hydrogen-bond donors (Lipinski definition) is 2. The molecule has 108 valence electrons. The molecule has 0 aliphatic heterocycles. The van der Waals surface area contributed by atoms with E-state index in [2.05, 4.69) is 0 Å². The van der Waals surface area contributed by atoms with E-state index in [0.717, 1.165) is 18.2 Å². The van der Waals surface area contributed by atoms with Gasteiger partial charge >= 0.3 is 6.18 Å². The maximum absolute atomic E-state index is 12.7. The molecule has 1 aliphatic rings. The summed E-state index contributed by atoms with van der Waals surface area (Å²) < 4.78 is 38.1. The minimum atomic E-state index is -4.52. The standard InChI is InChI=1S/C11H10F3N3O3/c12-11(13,14)10(3-4-10)16-9(18)6-1-2-8(17(19)20)7(15)5-6/h1-2,5H,3-4,15H2,(H,16,18). The molecule has 1 saturated carbocycles. The van der Waals surface area contributed by atoms with Gasteiger partial charge < -0.3 is 11.1 Å². The number of nitrogens with one attached hydrogen (secondary N) is 1. The summed E-state index contributed by atoms with van der Waals surface area (Å²) in [5.74, 6) is -0.957. The third-order valence-corrected chi connectivity index (χ3v) is 3.13. The quantitative estimate of drug-likeness (QED) is 0.505. The molecule has 0 spiro atoms. The van der Waals surface area contributed by atoms with Crippen molar-refractivity contribution >= 4 is 17.3 Å². The van der Waals surface area contributed by atoms with Crippen molar-refractivity contribution in [2.45, 2.75) is 24.6 Å². The van der Waals surface area contributed by atoms with Gasteiger partial charge in [-0.05, 0) is 25.0 Å². The Morgan fingerprint density at radius 2 is 2.00 bits per heavy atom. The first-order valence-corrected chi connectivity index (χ1v) is 5.59. The third-order valence-electron chi connectivity index (χ3n) is 3.13. The number of alkyl halides is 3. The van der Waals surface area contributed by atoms with Gasteiger partial charge in [-0.1, -0.05) is 0 Å². The molecule has 6 nitrogen and oxygen atoms in total. The maximum atomic E-state index is 12.7. The van der Waals surface area contributed by atoms with Gasteiger partial charge in [-0.2, -0.15) is 13.2 Å². The average molecular weight is 289 g/mol. The van der Waals surface area contributed by atoms with Crippen molar-refractivity contribution in [3.8, 4) is 0 Å². The lowest BCUT2D eigenvalue weighted by molar-refractivity contribution is -0.383. The van der Waals surface area contributed by atoms with Gasteiger partial charge in [-0.15, -0.1) is 0 Å². The fourth-order valence-electron chi connectivity index (χ4n) is 1.76. The summed E-state index contributed by atoms with van der Waals surface area (Å²) in [6, 6.07) is 3.04. The number of nitrogens with two attached hydrogens (primary N) is 1. The molecule has 0 bridgehead atoms. The van der Waals surface area contributed by atoms with Gasteiger partial charge in [-0.3, -0.25) is 14.9 Å². The van der Waals surface area contributed by atoms with E-state index in [0.29, 0.717) is 0 Å². The zero-order valence-corrected chi connectivity index (χ0v) is 10.0. The highest BCUT2D eigenvalue weighted by atomic mass is 19.4. The number of anilines is 1. The van der Waals surface area contributed by atoms with Gasteiger partial charge in [0.2, 0.25) is 0 Å². The summed E-state index contributed by atoms with van der Waals surface area (Å²) in [4.78, 5) is 21.6. The zero-order valence-electron chi connectivity index (χ0n) is 10.0. The fourth-order valence-corrected chi connectivity index (χ4v) is 1.76. The van der Waals surface area contributed by atoms with E-state index in [1.54, 1.807) is 0 Å². The molecule has 0 saturated heterocycles. The van der Waals surface area contributed by atoms with Crippen molar-refractivity contribution in [1.29, 1.82) is 0 Å². The summed E-state index contributed by atoms with van der Waals surface area (Å²) in [5.41, 5.74) is 2.37. The van der Waals surface area contributed by atoms with Crippen molar-refractivity contribution in [3.63, 3.8) is 0 Å². The largest absolute Gasteiger partial charge is 0.411 e. The first-order chi connectivity index (χ1) is 9.16. The van der Waals surface area contributed by atoms with Crippen LogP contribution in [0.2, 0.25) is 0 Å². The molecule has 0 atom stereocenters. The van der Waals surface area contributed by atoms with Gasteiger partial charge in [0.15, 0.2) is 0 Å². The number of nitrogens with zero attached hydrogens (tertiary/aromatic N) is 1. The van der Waals surface area contributed by atoms with Crippen LogP contribution in [0.15, 0.2) is 18.2 Å². The van der Waals surface area contributed by atoms with E-state index in [9.17, 15) is 28.1 Å². The van der Waals surface area contributed by atoms with Crippen LogP contribution in [0.25, 0.3) is 0 Å². The van der Waals surface area contributed by atoms with Crippen molar-refractivity contribution < 1.29 is 22.9 Å². The first kappa shape index (κ1) is 14.1. The number of carbonyl (C=O) groups is 1. The topological polar surface area (TPSA) is 98.3 Å². The molecule has 20 heavy (non-hydrogen) atoms. The SMILES string of the molecule is Nc1cc(C(=O)NC2(C(F)(F)F)CC2)ccc1[N+](=O)[O-]. The van der Waals surface area contributed by atoms with Crippen LogP contribution < -0.4 is 11.1 Å². The molecule has 9 heteroatoms. The molecule has 1 amide bonds. The first-order valence-electron chi connectivity index (χ1n) is 5.59. The number of nitro groups is 1. The molecule has 0 heterocycles. The van der Waals surface area contributed by atoms with Crippen LogP contribution in [-0.4, -0.2) is 22.5 Å². The van der Waals surface area contributed by atoms with E-state index in [1.165, 1.54) is 0 Å². The van der Waals surface area contributed by atoms with Gasteiger partial charge in [0.05, 0.1) is 4.92 Å².